The molecule has 6 nitrogen and oxygen atoms in total. The van der Waals surface area contributed by atoms with Crippen LogP contribution in [-0.2, 0) is 4.79 Å². The largest absolute Gasteiger partial charge is 0.477 e. The molecule has 0 bridgehead atoms. The second-order valence-electron chi connectivity index (χ2n) is 4.63. The van der Waals surface area contributed by atoms with E-state index in [-0.39, 0.29) is 11.6 Å². The topological polar surface area (TPSA) is 94.2 Å². The Hall–Kier alpha value is -1.98. The molecular weight excluding hydrogens is 222 g/mol. The Bertz CT molecular complexity index is 500. The Kier molecular flexibility index (Phi) is 1.95. The van der Waals surface area contributed by atoms with Crippen molar-refractivity contribution in [2.75, 3.05) is 10.6 Å². The number of carboxylic acids is 1. The number of hydrogen-bond acceptors (Lipinski definition) is 3. The van der Waals surface area contributed by atoms with Crippen molar-refractivity contribution in [1.29, 1.82) is 0 Å². The summed E-state index contributed by atoms with van der Waals surface area (Å²) in [5.74, 6) is -1.08. The fraction of sp³-hybridized carbons (Fsp3) is 0.455. The molecule has 4 N–H and O–H groups in total. The van der Waals surface area contributed by atoms with Crippen LogP contribution in [0, 0.1) is 0 Å². The number of hydrogen-bond donors (Lipinski definition) is 4. The fourth-order valence-electron chi connectivity index (χ4n) is 2.69. The van der Waals surface area contributed by atoms with Gasteiger partial charge in [-0.3, -0.25) is 4.79 Å². The molecule has 0 radical (unpaired) electrons. The second-order valence-corrected chi connectivity index (χ2v) is 4.63. The van der Waals surface area contributed by atoms with E-state index < -0.39 is 11.5 Å². The van der Waals surface area contributed by atoms with Gasteiger partial charge in [-0.15, -0.1) is 0 Å². The molecule has 2 aliphatic rings. The van der Waals surface area contributed by atoms with Crippen molar-refractivity contribution >= 4 is 23.3 Å². The molecule has 90 valence electrons. The summed E-state index contributed by atoms with van der Waals surface area (Å²) in [6.45, 7) is 0. The lowest BCUT2D eigenvalue weighted by molar-refractivity contribution is -0.120. The summed E-state index contributed by atoms with van der Waals surface area (Å²) in [6, 6.07) is 0. The lowest BCUT2D eigenvalue weighted by atomic mass is 9.93. The molecule has 0 saturated heterocycles. The molecule has 1 fully saturated rings. The van der Waals surface area contributed by atoms with E-state index in [4.69, 9.17) is 5.11 Å². The molecule has 2 heterocycles. The number of carbonyl (C=O) groups is 2. The average Bonchev–Trinajstić information content (AvgIpc) is 2.87. The summed E-state index contributed by atoms with van der Waals surface area (Å²) in [4.78, 5) is 25.7. The first-order valence-corrected chi connectivity index (χ1v) is 5.67. The Morgan fingerprint density at radius 1 is 1.35 bits per heavy atom. The van der Waals surface area contributed by atoms with Gasteiger partial charge in [0.05, 0.1) is 11.4 Å². The molecule has 3 rings (SSSR count). The number of H-pyrrole nitrogens is 1. The van der Waals surface area contributed by atoms with Gasteiger partial charge in [-0.1, -0.05) is 12.8 Å². The highest BCUT2D eigenvalue weighted by Gasteiger charge is 2.45. The predicted octanol–water partition coefficient (Wildman–Crippen LogP) is 1.39. The maximum absolute atomic E-state index is 12.0. The number of aromatic amines is 1. The van der Waals surface area contributed by atoms with Crippen molar-refractivity contribution in [2.45, 2.75) is 31.2 Å². The zero-order valence-electron chi connectivity index (χ0n) is 9.17. The van der Waals surface area contributed by atoms with E-state index in [2.05, 4.69) is 15.6 Å². The van der Waals surface area contributed by atoms with Gasteiger partial charge in [-0.05, 0) is 12.8 Å². The van der Waals surface area contributed by atoms with Gasteiger partial charge in [0.25, 0.3) is 0 Å². The SMILES string of the molecule is O=C(O)c1[nH]cc2c1NC1(CCCC1)C(=O)N2. The van der Waals surface area contributed by atoms with Gasteiger partial charge in [0, 0.05) is 6.20 Å². The van der Waals surface area contributed by atoms with Crippen molar-refractivity contribution < 1.29 is 14.7 Å². The minimum absolute atomic E-state index is 0.0570. The van der Waals surface area contributed by atoms with Gasteiger partial charge in [0.1, 0.15) is 5.54 Å². The zero-order chi connectivity index (χ0) is 12.0. The first-order chi connectivity index (χ1) is 8.12. The number of carbonyl (C=O) groups excluding carboxylic acids is 1. The number of nitrogens with one attached hydrogen (secondary N) is 3. The molecule has 0 unspecified atom stereocenters. The Morgan fingerprint density at radius 2 is 2.06 bits per heavy atom. The van der Waals surface area contributed by atoms with E-state index >= 15 is 0 Å². The summed E-state index contributed by atoms with van der Waals surface area (Å²) in [5.41, 5.74) is 0.509. The van der Waals surface area contributed by atoms with Crippen LogP contribution < -0.4 is 10.6 Å². The minimum atomic E-state index is -1.02. The standard InChI is InChI=1S/C11H13N3O3/c15-9(16)8-7-6(5-12-8)13-10(17)11(14-7)3-1-2-4-11/h5,12,14H,1-4H2,(H,13,17)(H,15,16). The van der Waals surface area contributed by atoms with E-state index in [0.717, 1.165) is 25.7 Å². The molecule has 6 heteroatoms. The maximum atomic E-state index is 12.0. The smallest absolute Gasteiger partial charge is 0.354 e. The fourth-order valence-corrected chi connectivity index (χ4v) is 2.69. The van der Waals surface area contributed by atoms with Crippen LogP contribution in [0.5, 0.6) is 0 Å². The Balaban J connectivity index is 2.04. The van der Waals surface area contributed by atoms with Crippen LogP contribution in [-0.4, -0.2) is 27.5 Å². The third kappa shape index (κ3) is 1.33. The summed E-state index contributed by atoms with van der Waals surface area (Å²) in [6.07, 6.45) is 4.99. The van der Waals surface area contributed by atoms with Crippen LogP contribution in [0.3, 0.4) is 0 Å². The van der Waals surface area contributed by atoms with Crippen molar-refractivity contribution in [3.05, 3.63) is 11.9 Å². The highest BCUT2D eigenvalue weighted by atomic mass is 16.4. The normalized spacial score (nSPS) is 20.8. The van der Waals surface area contributed by atoms with Crippen LogP contribution in [0.2, 0.25) is 0 Å². The summed E-state index contributed by atoms with van der Waals surface area (Å²) in [5, 5.41) is 14.9. The predicted molar refractivity (Wildman–Crippen MR) is 61.2 cm³/mol. The van der Waals surface area contributed by atoms with Crippen LogP contribution >= 0.6 is 0 Å². The highest BCUT2D eigenvalue weighted by Crippen LogP contribution is 2.41. The molecule has 1 aromatic rings. The van der Waals surface area contributed by atoms with Crippen LogP contribution in [0.15, 0.2) is 6.20 Å². The summed E-state index contributed by atoms with van der Waals surface area (Å²) >= 11 is 0. The first-order valence-electron chi connectivity index (χ1n) is 5.67. The maximum Gasteiger partial charge on any atom is 0.354 e. The Labute approximate surface area is 97.4 Å². The van der Waals surface area contributed by atoms with Gasteiger partial charge >= 0.3 is 5.97 Å². The highest BCUT2D eigenvalue weighted by molar-refractivity contribution is 6.10. The van der Waals surface area contributed by atoms with Crippen molar-refractivity contribution in [1.82, 2.24) is 4.98 Å². The van der Waals surface area contributed by atoms with Crippen molar-refractivity contribution in [3.8, 4) is 0 Å². The third-order valence-electron chi connectivity index (χ3n) is 3.60. The molecule has 0 atom stereocenters. The molecule has 1 aliphatic carbocycles. The molecule has 0 aromatic carbocycles. The van der Waals surface area contributed by atoms with Crippen molar-refractivity contribution in [2.24, 2.45) is 0 Å². The first kappa shape index (κ1) is 10.2. The van der Waals surface area contributed by atoms with E-state index in [1.165, 1.54) is 6.20 Å². The third-order valence-corrected chi connectivity index (χ3v) is 3.60. The number of amides is 1. The lowest BCUT2D eigenvalue weighted by Gasteiger charge is -2.34. The molecule has 1 amide bonds. The number of fused-ring (bicyclic) bond motifs is 1. The van der Waals surface area contributed by atoms with E-state index in [1.807, 2.05) is 0 Å². The van der Waals surface area contributed by atoms with E-state index in [0.29, 0.717) is 11.4 Å². The molecule has 17 heavy (non-hydrogen) atoms. The second kappa shape index (κ2) is 3.26. The van der Waals surface area contributed by atoms with Crippen LogP contribution in [0.1, 0.15) is 36.2 Å². The quantitative estimate of drug-likeness (QED) is 0.591. The van der Waals surface area contributed by atoms with Gasteiger partial charge in [0.2, 0.25) is 5.91 Å². The van der Waals surface area contributed by atoms with Crippen LogP contribution in [0.4, 0.5) is 11.4 Å². The number of rotatable bonds is 1. The number of aromatic nitrogens is 1. The van der Waals surface area contributed by atoms with Gasteiger partial charge < -0.3 is 20.7 Å². The molecule has 1 aromatic heterocycles. The number of anilines is 2. The Morgan fingerprint density at radius 3 is 2.71 bits per heavy atom. The monoisotopic (exact) mass is 235 g/mol. The minimum Gasteiger partial charge on any atom is -0.477 e. The average molecular weight is 235 g/mol. The van der Waals surface area contributed by atoms with Gasteiger partial charge in [0.15, 0.2) is 5.69 Å². The zero-order valence-corrected chi connectivity index (χ0v) is 9.17. The molecular formula is C11H13N3O3. The summed E-state index contributed by atoms with van der Waals surface area (Å²) in [7, 11) is 0. The molecule has 1 spiro atoms. The van der Waals surface area contributed by atoms with Crippen LogP contribution in [0.25, 0.3) is 0 Å². The molecule has 1 aliphatic heterocycles. The summed E-state index contributed by atoms with van der Waals surface area (Å²) < 4.78 is 0. The van der Waals surface area contributed by atoms with Gasteiger partial charge in [-0.25, -0.2) is 4.79 Å². The lowest BCUT2D eigenvalue weighted by Crippen LogP contribution is -2.50. The molecule has 1 saturated carbocycles. The van der Waals surface area contributed by atoms with E-state index in [1.54, 1.807) is 0 Å². The number of aromatic carboxylic acids is 1. The van der Waals surface area contributed by atoms with Gasteiger partial charge in [-0.2, -0.15) is 0 Å². The van der Waals surface area contributed by atoms with E-state index in [9.17, 15) is 9.59 Å². The number of carboxylic acid groups (broad SMARTS) is 1. The van der Waals surface area contributed by atoms with Crippen molar-refractivity contribution in [3.63, 3.8) is 0 Å².